The van der Waals surface area contributed by atoms with E-state index in [1.165, 1.54) is 6.07 Å². The van der Waals surface area contributed by atoms with E-state index in [0.717, 1.165) is 0 Å². The maximum absolute atomic E-state index is 13.9. The number of rotatable bonds is 3. The minimum absolute atomic E-state index is 0.0288. The summed E-state index contributed by atoms with van der Waals surface area (Å²) in [7, 11) is 0. The number of hydrogen-bond donors (Lipinski definition) is 1. The Morgan fingerprint density at radius 2 is 2.05 bits per heavy atom. The van der Waals surface area contributed by atoms with Crippen molar-refractivity contribution in [3.05, 3.63) is 42.5 Å². The summed E-state index contributed by atoms with van der Waals surface area (Å²) in [6.45, 7) is 2.59. The van der Waals surface area contributed by atoms with Gasteiger partial charge in [-0.15, -0.1) is 0 Å². The first-order chi connectivity index (χ1) is 10.6. The molecule has 2 heterocycles. The van der Waals surface area contributed by atoms with Gasteiger partial charge in [-0.2, -0.15) is 5.10 Å². The maximum atomic E-state index is 13.9. The molecule has 0 atom stereocenters. The van der Waals surface area contributed by atoms with Crippen molar-refractivity contribution < 1.29 is 9.18 Å². The standard InChI is InChI=1S/C15H18FN5O/c16-13-10-12(17)2-3-14(13)19-6-8-20(9-7-19)15(22)11-21-5-1-4-18-21/h1-5,10H,6-9,11,17H2. The zero-order valence-corrected chi connectivity index (χ0v) is 12.2. The van der Waals surface area contributed by atoms with Gasteiger partial charge in [0.2, 0.25) is 5.91 Å². The van der Waals surface area contributed by atoms with Crippen molar-refractivity contribution in [1.29, 1.82) is 0 Å². The molecule has 1 aliphatic rings. The van der Waals surface area contributed by atoms with E-state index < -0.39 is 0 Å². The number of carbonyl (C=O) groups is 1. The van der Waals surface area contributed by atoms with Crippen LogP contribution in [0, 0.1) is 5.82 Å². The number of carbonyl (C=O) groups excluding carboxylic acids is 1. The van der Waals surface area contributed by atoms with Crippen molar-refractivity contribution in [3.63, 3.8) is 0 Å². The van der Waals surface area contributed by atoms with Gasteiger partial charge in [-0.05, 0) is 24.3 Å². The fourth-order valence-electron chi connectivity index (χ4n) is 2.61. The molecule has 0 spiro atoms. The molecule has 0 bridgehead atoms. The fourth-order valence-corrected chi connectivity index (χ4v) is 2.61. The molecule has 2 N–H and O–H groups in total. The maximum Gasteiger partial charge on any atom is 0.244 e. The van der Waals surface area contributed by atoms with Gasteiger partial charge in [-0.25, -0.2) is 4.39 Å². The van der Waals surface area contributed by atoms with Crippen molar-refractivity contribution in [2.45, 2.75) is 6.54 Å². The number of nitrogens with zero attached hydrogens (tertiary/aromatic N) is 4. The molecule has 1 aromatic carbocycles. The molecule has 6 nitrogen and oxygen atoms in total. The van der Waals surface area contributed by atoms with Gasteiger partial charge in [0, 0.05) is 44.3 Å². The van der Waals surface area contributed by atoms with Crippen LogP contribution in [-0.2, 0) is 11.3 Å². The second kappa shape index (κ2) is 6.05. The summed E-state index contributed by atoms with van der Waals surface area (Å²) in [6.07, 6.45) is 3.41. The van der Waals surface area contributed by atoms with Crippen LogP contribution < -0.4 is 10.6 Å². The highest BCUT2D eigenvalue weighted by molar-refractivity contribution is 5.76. The summed E-state index contributed by atoms with van der Waals surface area (Å²) in [6, 6.07) is 6.49. The summed E-state index contributed by atoms with van der Waals surface area (Å²) in [5.41, 5.74) is 6.51. The fraction of sp³-hybridized carbons (Fsp3) is 0.333. The largest absolute Gasteiger partial charge is 0.399 e. The third-order valence-corrected chi connectivity index (χ3v) is 3.80. The third-order valence-electron chi connectivity index (χ3n) is 3.80. The van der Waals surface area contributed by atoms with Crippen LogP contribution in [0.25, 0.3) is 0 Å². The number of anilines is 2. The summed E-state index contributed by atoms with van der Waals surface area (Å²) >= 11 is 0. The van der Waals surface area contributed by atoms with Gasteiger partial charge in [0.25, 0.3) is 0 Å². The number of benzene rings is 1. The van der Waals surface area contributed by atoms with E-state index >= 15 is 0 Å². The van der Waals surface area contributed by atoms with Crippen LogP contribution in [0.5, 0.6) is 0 Å². The summed E-state index contributed by atoms with van der Waals surface area (Å²) < 4.78 is 15.5. The Balaban J connectivity index is 1.59. The van der Waals surface area contributed by atoms with Crippen molar-refractivity contribution in [3.8, 4) is 0 Å². The molecule has 1 aromatic heterocycles. The second-order valence-corrected chi connectivity index (χ2v) is 5.28. The number of amides is 1. The zero-order chi connectivity index (χ0) is 15.5. The van der Waals surface area contributed by atoms with Crippen LogP contribution in [0.15, 0.2) is 36.7 Å². The van der Waals surface area contributed by atoms with E-state index in [1.54, 1.807) is 40.2 Å². The highest BCUT2D eigenvalue weighted by Gasteiger charge is 2.23. The Labute approximate surface area is 127 Å². The molecule has 0 aliphatic carbocycles. The van der Waals surface area contributed by atoms with Crippen molar-refractivity contribution >= 4 is 17.3 Å². The molecule has 1 aliphatic heterocycles. The topological polar surface area (TPSA) is 67.4 Å². The Morgan fingerprint density at radius 3 is 2.68 bits per heavy atom. The van der Waals surface area contributed by atoms with Crippen LogP contribution in [0.1, 0.15) is 0 Å². The van der Waals surface area contributed by atoms with Crippen molar-refractivity contribution in [2.75, 3.05) is 36.8 Å². The molecule has 0 saturated carbocycles. The smallest absolute Gasteiger partial charge is 0.244 e. The third kappa shape index (κ3) is 3.03. The minimum atomic E-state index is -0.323. The molecule has 22 heavy (non-hydrogen) atoms. The molecule has 0 unspecified atom stereocenters. The van der Waals surface area contributed by atoms with Gasteiger partial charge in [0.05, 0.1) is 5.69 Å². The van der Waals surface area contributed by atoms with E-state index in [0.29, 0.717) is 37.6 Å². The summed E-state index contributed by atoms with van der Waals surface area (Å²) in [5, 5.41) is 4.03. The molecule has 1 saturated heterocycles. The van der Waals surface area contributed by atoms with Crippen LogP contribution in [0.4, 0.5) is 15.8 Å². The first kappa shape index (κ1) is 14.4. The van der Waals surface area contributed by atoms with E-state index in [9.17, 15) is 9.18 Å². The predicted octanol–water partition coefficient (Wildman–Crippen LogP) is 0.953. The molecule has 2 aromatic rings. The molecule has 1 amide bonds. The summed E-state index contributed by atoms with van der Waals surface area (Å²) in [5.74, 6) is -0.294. The minimum Gasteiger partial charge on any atom is -0.399 e. The highest BCUT2D eigenvalue weighted by Crippen LogP contribution is 2.22. The number of nitrogens with two attached hydrogens (primary N) is 1. The Hall–Kier alpha value is -2.57. The van der Waals surface area contributed by atoms with Crippen LogP contribution in [-0.4, -0.2) is 46.8 Å². The van der Waals surface area contributed by atoms with E-state index in [1.807, 2.05) is 4.90 Å². The lowest BCUT2D eigenvalue weighted by molar-refractivity contribution is -0.132. The Kier molecular flexibility index (Phi) is 3.95. The molecule has 7 heteroatoms. The first-order valence-electron chi connectivity index (χ1n) is 7.18. The van der Waals surface area contributed by atoms with Gasteiger partial charge in [-0.3, -0.25) is 9.48 Å². The van der Waals surface area contributed by atoms with Crippen molar-refractivity contribution in [1.82, 2.24) is 14.7 Å². The Morgan fingerprint density at radius 1 is 1.27 bits per heavy atom. The average molecular weight is 303 g/mol. The lowest BCUT2D eigenvalue weighted by Gasteiger charge is -2.36. The monoisotopic (exact) mass is 303 g/mol. The SMILES string of the molecule is Nc1ccc(N2CCN(C(=O)Cn3cccn3)CC2)c(F)c1. The zero-order valence-electron chi connectivity index (χ0n) is 12.2. The lowest BCUT2D eigenvalue weighted by atomic mass is 10.2. The molecule has 1 fully saturated rings. The molecular formula is C15H18FN5O. The normalized spacial score (nSPS) is 15.1. The van der Waals surface area contributed by atoms with Gasteiger partial charge in [0.15, 0.2) is 0 Å². The number of nitrogen functional groups attached to an aromatic ring is 1. The number of hydrogen-bond acceptors (Lipinski definition) is 4. The quantitative estimate of drug-likeness (QED) is 0.858. The number of halogens is 1. The van der Waals surface area contributed by atoms with Crippen LogP contribution >= 0.6 is 0 Å². The summed E-state index contributed by atoms with van der Waals surface area (Å²) in [4.78, 5) is 15.9. The molecule has 3 rings (SSSR count). The van der Waals surface area contributed by atoms with Gasteiger partial charge in [0.1, 0.15) is 12.4 Å². The number of aromatic nitrogens is 2. The van der Waals surface area contributed by atoms with Gasteiger partial charge >= 0.3 is 0 Å². The predicted molar refractivity (Wildman–Crippen MR) is 81.8 cm³/mol. The molecular weight excluding hydrogens is 285 g/mol. The van der Waals surface area contributed by atoms with Crippen molar-refractivity contribution in [2.24, 2.45) is 0 Å². The van der Waals surface area contributed by atoms with E-state index in [4.69, 9.17) is 5.73 Å². The van der Waals surface area contributed by atoms with Crippen LogP contribution in [0.3, 0.4) is 0 Å². The van der Waals surface area contributed by atoms with Gasteiger partial charge < -0.3 is 15.5 Å². The molecule has 0 radical (unpaired) electrons. The number of piperazine rings is 1. The van der Waals surface area contributed by atoms with Gasteiger partial charge in [-0.1, -0.05) is 0 Å². The first-order valence-corrected chi connectivity index (χ1v) is 7.18. The van der Waals surface area contributed by atoms with E-state index in [-0.39, 0.29) is 18.3 Å². The Bertz CT molecular complexity index is 650. The molecule has 116 valence electrons. The van der Waals surface area contributed by atoms with Crippen LogP contribution in [0.2, 0.25) is 0 Å². The highest BCUT2D eigenvalue weighted by atomic mass is 19.1. The lowest BCUT2D eigenvalue weighted by Crippen LogP contribution is -2.49. The second-order valence-electron chi connectivity index (χ2n) is 5.28. The average Bonchev–Trinajstić information content (AvgIpc) is 3.00. The van der Waals surface area contributed by atoms with E-state index in [2.05, 4.69) is 5.10 Å².